The van der Waals surface area contributed by atoms with E-state index in [-0.39, 0.29) is 24.3 Å². The molecule has 0 radical (unpaired) electrons. The smallest absolute Gasteiger partial charge is 0.322 e. The first-order valence-electron chi connectivity index (χ1n) is 8.21. The number of methoxy groups -OCH3 is 2. The maximum atomic E-state index is 12.1. The van der Waals surface area contributed by atoms with Gasteiger partial charge in [0, 0.05) is 32.1 Å². The summed E-state index contributed by atoms with van der Waals surface area (Å²) in [5, 5.41) is 31.7. The molecule has 0 aliphatic heterocycles. The molecule has 0 aromatic rings. The number of nitrogens with one attached hydrogen (secondary N) is 2. The standard InChI is InChI=1S/C15H27N3O9S/c1-26-15(27-2)10(19)7-28-6-9(14(25)17-5-12(22)23)18-13(24)8(16)3-4-11(20)21/h8-10,15,19H,3-7,16H2,1-2H3,(H,17,25)(H,18,24)(H,20,21)(H,22,23)/t8-,9-,10-/m0/s1. The molecule has 0 fully saturated rings. The highest BCUT2D eigenvalue weighted by Crippen LogP contribution is 2.11. The van der Waals surface area contributed by atoms with Gasteiger partial charge in [-0.1, -0.05) is 0 Å². The van der Waals surface area contributed by atoms with Crippen LogP contribution in [-0.2, 0) is 28.7 Å². The molecule has 0 aromatic carbocycles. The highest BCUT2D eigenvalue weighted by molar-refractivity contribution is 7.99. The molecule has 0 unspecified atom stereocenters. The van der Waals surface area contributed by atoms with Crippen molar-refractivity contribution in [2.24, 2.45) is 5.73 Å². The minimum atomic E-state index is -1.26. The van der Waals surface area contributed by atoms with Crippen LogP contribution in [0.1, 0.15) is 12.8 Å². The Hall–Kier alpha value is -1.93. The van der Waals surface area contributed by atoms with Gasteiger partial charge in [0.15, 0.2) is 6.29 Å². The van der Waals surface area contributed by atoms with Gasteiger partial charge in [0.05, 0.1) is 6.04 Å². The van der Waals surface area contributed by atoms with E-state index in [1.807, 2.05) is 0 Å². The molecule has 0 aromatic heterocycles. The summed E-state index contributed by atoms with van der Waals surface area (Å²) in [4.78, 5) is 45.4. The van der Waals surface area contributed by atoms with Gasteiger partial charge >= 0.3 is 11.9 Å². The van der Waals surface area contributed by atoms with E-state index < -0.39 is 54.8 Å². The highest BCUT2D eigenvalue weighted by atomic mass is 32.2. The molecule has 0 bridgehead atoms. The maximum absolute atomic E-state index is 12.1. The van der Waals surface area contributed by atoms with Gasteiger partial charge in [-0.15, -0.1) is 0 Å². The van der Waals surface area contributed by atoms with E-state index in [2.05, 4.69) is 10.6 Å². The van der Waals surface area contributed by atoms with Crippen molar-refractivity contribution in [3.8, 4) is 0 Å². The Morgan fingerprint density at radius 2 is 1.64 bits per heavy atom. The van der Waals surface area contributed by atoms with E-state index >= 15 is 0 Å². The number of aliphatic hydroxyl groups excluding tert-OH is 1. The molecule has 28 heavy (non-hydrogen) atoms. The minimum Gasteiger partial charge on any atom is -0.481 e. The summed E-state index contributed by atoms with van der Waals surface area (Å²) in [6.45, 7) is -0.640. The molecular formula is C15H27N3O9S. The van der Waals surface area contributed by atoms with Gasteiger partial charge in [0.1, 0.15) is 18.7 Å². The summed E-state index contributed by atoms with van der Waals surface area (Å²) in [6, 6.07) is -2.28. The Labute approximate surface area is 166 Å². The van der Waals surface area contributed by atoms with Crippen molar-refractivity contribution in [3.63, 3.8) is 0 Å². The molecule has 12 nitrogen and oxygen atoms in total. The molecular weight excluding hydrogens is 398 g/mol. The highest BCUT2D eigenvalue weighted by Gasteiger charge is 2.26. The van der Waals surface area contributed by atoms with Crippen LogP contribution in [0.25, 0.3) is 0 Å². The fourth-order valence-corrected chi connectivity index (χ4v) is 2.96. The summed E-state index contributed by atoms with van der Waals surface area (Å²) >= 11 is 1.10. The second-order valence-electron chi connectivity index (χ2n) is 5.66. The third-order valence-electron chi connectivity index (χ3n) is 3.40. The van der Waals surface area contributed by atoms with Crippen molar-refractivity contribution in [2.45, 2.75) is 37.3 Å². The number of carbonyl (C=O) groups is 4. The van der Waals surface area contributed by atoms with Crippen LogP contribution >= 0.6 is 11.8 Å². The summed E-state index contributed by atoms with van der Waals surface area (Å²) in [5.41, 5.74) is 5.61. The minimum absolute atomic E-state index is 0.0000511. The van der Waals surface area contributed by atoms with E-state index in [0.29, 0.717) is 0 Å². The fraction of sp³-hybridized carbons (Fsp3) is 0.733. The lowest BCUT2D eigenvalue weighted by atomic mass is 10.1. The molecule has 2 amide bonds. The Balaban J connectivity index is 4.81. The molecule has 0 aliphatic rings. The molecule has 13 heteroatoms. The second-order valence-corrected chi connectivity index (χ2v) is 6.73. The predicted molar refractivity (Wildman–Crippen MR) is 98.6 cm³/mol. The molecule has 0 saturated carbocycles. The topological polar surface area (TPSA) is 198 Å². The number of nitrogens with two attached hydrogens (primary N) is 1. The first kappa shape index (κ1) is 26.1. The van der Waals surface area contributed by atoms with Gasteiger partial charge < -0.3 is 41.2 Å². The SMILES string of the molecule is COC(OC)[C@@H](O)CSC[C@H](NC(=O)[C@@H](N)CCC(=O)O)C(=O)NCC(=O)O. The number of carbonyl (C=O) groups excluding carboxylic acids is 2. The molecule has 0 heterocycles. The normalized spacial score (nSPS) is 14.2. The van der Waals surface area contributed by atoms with Gasteiger partial charge in [-0.3, -0.25) is 19.2 Å². The van der Waals surface area contributed by atoms with Crippen LogP contribution in [-0.4, -0.2) is 95.8 Å². The molecule has 0 spiro atoms. The van der Waals surface area contributed by atoms with Crippen molar-refractivity contribution in [1.29, 1.82) is 0 Å². The number of thioether (sulfide) groups is 1. The third kappa shape index (κ3) is 11.0. The van der Waals surface area contributed by atoms with Crippen LogP contribution in [0.2, 0.25) is 0 Å². The van der Waals surface area contributed by atoms with Crippen LogP contribution in [0.5, 0.6) is 0 Å². The van der Waals surface area contributed by atoms with Crippen molar-refractivity contribution in [3.05, 3.63) is 0 Å². The number of hydrogen-bond acceptors (Lipinski definition) is 9. The number of carboxylic acid groups (broad SMARTS) is 2. The first-order valence-corrected chi connectivity index (χ1v) is 9.36. The van der Waals surface area contributed by atoms with Crippen LogP contribution in [0.4, 0.5) is 0 Å². The number of ether oxygens (including phenoxy) is 2. The van der Waals surface area contributed by atoms with E-state index in [1.165, 1.54) is 14.2 Å². The largest absolute Gasteiger partial charge is 0.481 e. The van der Waals surface area contributed by atoms with Gasteiger partial charge in [-0.25, -0.2) is 0 Å². The first-order chi connectivity index (χ1) is 13.1. The number of hydrogen-bond donors (Lipinski definition) is 6. The number of rotatable bonds is 15. The molecule has 0 rings (SSSR count). The van der Waals surface area contributed by atoms with Crippen molar-refractivity contribution in [2.75, 3.05) is 32.3 Å². The Morgan fingerprint density at radius 3 is 2.14 bits per heavy atom. The lowest BCUT2D eigenvalue weighted by Gasteiger charge is -2.22. The predicted octanol–water partition coefficient (Wildman–Crippen LogP) is -2.42. The number of amides is 2. The zero-order chi connectivity index (χ0) is 21.7. The molecule has 0 aliphatic carbocycles. The van der Waals surface area contributed by atoms with Crippen molar-refractivity contribution in [1.82, 2.24) is 10.6 Å². The monoisotopic (exact) mass is 425 g/mol. The summed E-state index contributed by atoms with van der Waals surface area (Å²) in [6.07, 6.45) is -2.32. The zero-order valence-electron chi connectivity index (χ0n) is 15.6. The number of aliphatic hydroxyl groups is 1. The van der Waals surface area contributed by atoms with Crippen LogP contribution in [0.15, 0.2) is 0 Å². The number of aliphatic carboxylic acids is 2. The number of carboxylic acids is 2. The maximum Gasteiger partial charge on any atom is 0.322 e. The van der Waals surface area contributed by atoms with E-state index in [1.54, 1.807) is 0 Å². The van der Waals surface area contributed by atoms with E-state index in [4.69, 9.17) is 25.4 Å². The van der Waals surface area contributed by atoms with Crippen LogP contribution in [0, 0.1) is 0 Å². The van der Waals surface area contributed by atoms with Gasteiger partial charge in [0.2, 0.25) is 11.8 Å². The summed E-state index contributed by atoms with van der Waals surface area (Å²) in [7, 11) is 2.70. The fourth-order valence-electron chi connectivity index (χ4n) is 1.95. The van der Waals surface area contributed by atoms with Crippen molar-refractivity contribution < 1.29 is 44.0 Å². The summed E-state index contributed by atoms with van der Waals surface area (Å²) < 4.78 is 9.82. The Kier molecular flexibility index (Phi) is 13.1. The second kappa shape index (κ2) is 14.1. The lowest BCUT2D eigenvalue weighted by molar-refractivity contribution is -0.156. The van der Waals surface area contributed by atoms with E-state index in [9.17, 15) is 24.3 Å². The summed E-state index contributed by atoms with van der Waals surface area (Å²) in [5.74, 6) is -3.77. The molecule has 162 valence electrons. The quantitative estimate of drug-likeness (QED) is 0.153. The van der Waals surface area contributed by atoms with Crippen molar-refractivity contribution >= 4 is 35.5 Å². The van der Waals surface area contributed by atoms with Crippen LogP contribution in [0.3, 0.4) is 0 Å². The Bertz CT molecular complexity index is 531. The Morgan fingerprint density at radius 1 is 1.04 bits per heavy atom. The third-order valence-corrected chi connectivity index (χ3v) is 4.55. The lowest BCUT2D eigenvalue weighted by Crippen LogP contribution is -2.53. The molecule has 3 atom stereocenters. The average molecular weight is 425 g/mol. The van der Waals surface area contributed by atoms with Gasteiger partial charge in [-0.2, -0.15) is 11.8 Å². The van der Waals surface area contributed by atoms with Gasteiger partial charge in [0.25, 0.3) is 0 Å². The van der Waals surface area contributed by atoms with E-state index in [0.717, 1.165) is 11.8 Å². The van der Waals surface area contributed by atoms with Gasteiger partial charge in [-0.05, 0) is 6.42 Å². The molecule has 0 saturated heterocycles. The van der Waals surface area contributed by atoms with Crippen LogP contribution < -0.4 is 16.4 Å². The molecule has 7 N–H and O–H groups in total. The average Bonchev–Trinajstić information content (AvgIpc) is 2.63. The zero-order valence-corrected chi connectivity index (χ0v) is 16.4.